The average Bonchev–Trinajstić information content (AvgIpc) is 2.72. The topological polar surface area (TPSA) is 48.3 Å². The quantitative estimate of drug-likeness (QED) is 0.833. The van der Waals surface area contributed by atoms with Crippen LogP contribution in [0.3, 0.4) is 0 Å². The van der Waals surface area contributed by atoms with Crippen LogP contribution in [0.25, 0.3) is 0 Å². The predicted octanol–water partition coefficient (Wildman–Crippen LogP) is 2.01. The zero-order valence-corrected chi connectivity index (χ0v) is 12.5. The highest BCUT2D eigenvalue weighted by molar-refractivity contribution is 6.31. The van der Waals surface area contributed by atoms with Gasteiger partial charge in [-0.1, -0.05) is 11.6 Å². The molecule has 1 fully saturated rings. The van der Waals surface area contributed by atoms with Crippen LogP contribution in [0.15, 0.2) is 6.20 Å². The number of likely N-dealkylation sites (N-methyl/N-ethyl adjacent to an activating group) is 1. The minimum Gasteiger partial charge on any atom is -0.383 e. The highest BCUT2D eigenvalue weighted by Gasteiger charge is 2.46. The van der Waals surface area contributed by atoms with Gasteiger partial charge >= 0.3 is 0 Å². The fourth-order valence-corrected chi connectivity index (χ4v) is 3.05. The van der Waals surface area contributed by atoms with E-state index >= 15 is 0 Å². The molecule has 5 nitrogen and oxygen atoms in total. The SMILES string of the molecule is CNC(c1c(Cl)cnn1CCOC)C1(OC)CCC1. The van der Waals surface area contributed by atoms with Crippen LogP contribution in [0, 0.1) is 0 Å². The van der Waals surface area contributed by atoms with Gasteiger partial charge in [0, 0.05) is 14.2 Å². The number of nitrogens with zero attached hydrogens (tertiary/aromatic N) is 2. The zero-order valence-electron chi connectivity index (χ0n) is 11.8. The van der Waals surface area contributed by atoms with Crippen molar-refractivity contribution in [1.29, 1.82) is 0 Å². The van der Waals surface area contributed by atoms with E-state index in [2.05, 4.69) is 10.4 Å². The van der Waals surface area contributed by atoms with Crippen LogP contribution < -0.4 is 5.32 Å². The number of hydrogen-bond donors (Lipinski definition) is 1. The molecule has 1 saturated carbocycles. The molecule has 0 aliphatic heterocycles. The number of ether oxygens (including phenoxy) is 2. The maximum absolute atomic E-state index is 6.32. The lowest BCUT2D eigenvalue weighted by Gasteiger charge is -2.46. The first-order chi connectivity index (χ1) is 9.18. The van der Waals surface area contributed by atoms with Gasteiger partial charge in [0.05, 0.1) is 41.7 Å². The summed E-state index contributed by atoms with van der Waals surface area (Å²) >= 11 is 6.32. The second-order valence-corrected chi connectivity index (χ2v) is 5.35. The molecule has 1 unspecified atom stereocenters. The van der Waals surface area contributed by atoms with Crippen molar-refractivity contribution in [3.63, 3.8) is 0 Å². The molecule has 0 bridgehead atoms. The van der Waals surface area contributed by atoms with E-state index in [0.29, 0.717) is 18.2 Å². The molecule has 108 valence electrons. The van der Waals surface area contributed by atoms with Crippen LogP contribution in [0.2, 0.25) is 5.02 Å². The molecule has 1 aliphatic rings. The highest BCUT2D eigenvalue weighted by atomic mass is 35.5. The Morgan fingerprint density at radius 3 is 2.74 bits per heavy atom. The van der Waals surface area contributed by atoms with Crippen LogP contribution in [-0.4, -0.2) is 43.3 Å². The Bertz CT molecular complexity index is 413. The summed E-state index contributed by atoms with van der Waals surface area (Å²) in [4.78, 5) is 0. The molecule has 1 aromatic heterocycles. The van der Waals surface area contributed by atoms with Crippen molar-refractivity contribution in [2.45, 2.75) is 37.5 Å². The molecule has 6 heteroatoms. The summed E-state index contributed by atoms with van der Waals surface area (Å²) in [5, 5.41) is 8.36. The number of rotatable bonds is 7. The van der Waals surface area contributed by atoms with Crippen molar-refractivity contribution in [2.75, 3.05) is 27.9 Å². The van der Waals surface area contributed by atoms with E-state index in [1.165, 1.54) is 6.42 Å². The van der Waals surface area contributed by atoms with E-state index in [4.69, 9.17) is 21.1 Å². The van der Waals surface area contributed by atoms with Crippen LogP contribution in [0.4, 0.5) is 0 Å². The van der Waals surface area contributed by atoms with E-state index < -0.39 is 0 Å². The van der Waals surface area contributed by atoms with Crippen molar-refractivity contribution in [3.8, 4) is 0 Å². The standard InChI is InChI=1S/C13H22ClN3O2/c1-15-12(13(19-3)5-4-6-13)11-10(14)9-16-17(11)7-8-18-2/h9,12,15H,4-8H2,1-3H3. The summed E-state index contributed by atoms with van der Waals surface area (Å²) in [5.41, 5.74) is 0.825. The molecule has 0 spiro atoms. The third-order valence-electron chi connectivity index (χ3n) is 4.04. The number of hydrogen-bond acceptors (Lipinski definition) is 4. The largest absolute Gasteiger partial charge is 0.383 e. The molecule has 1 aliphatic carbocycles. The summed E-state index contributed by atoms with van der Waals surface area (Å²) in [6.07, 6.45) is 4.97. The molecule has 19 heavy (non-hydrogen) atoms. The molecular formula is C13H22ClN3O2. The molecule has 1 N–H and O–H groups in total. The second-order valence-electron chi connectivity index (χ2n) is 4.94. The van der Waals surface area contributed by atoms with E-state index in [9.17, 15) is 0 Å². The normalized spacial score (nSPS) is 19.2. The molecule has 1 atom stereocenters. The zero-order chi connectivity index (χ0) is 13.9. The lowest BCUT2D eigenvalue weighted by Crippen LogP contribution is -2.50. The molecular weight excluding hydrogens is 266 g/mol. The molecule has 2 rings (SSSR count). The lowest BCUT2D eigenvalue weighted by atomic mass is 9.73. The summed E-state index contributed by atoms with van der Waals surface area (Å²) in [5.74, 6) is 0. The predicted molar refractivity (Wildman–Crippen MR) is 74.5 cm³/mol. The third-order valence-corrected chi connectivity index (χ3v) is 4.33. The van der Waals surface area contributed by atoms with Gasteiger partial charge in [0.2, 0.25) is 0 Å². The third kappa shape index (κ3) is 2.65. The molecule has 0 radical (unpaired) electrons. The minimum atomic E-state index is -0.163. The van der Waals surface area contributed by atoms with Crippen LogP contribution in [0.5, 0.6) is 0 Å². The van der Waals surface area contributed by atoms with E-state index in [1.807, 2.05) is 11.7 Å². The number of halogens is 1. The van der Waals surface area contributed by atoms with Gasteiger partial charge in [0.25, 0.3) is 0 Å². The first-order valence-electron chi connectivity index (χ1n) is 6.61. The Labute approximate surface area is 119 Å². The molecule has 0 saturated heterocycles. The second kappa shape index (κ2) is 6.22. The van der Waals surface area contributed by atoms with Gasteiger partial charge in [-0.2, -0.15) is 5.10 Å². The van der Waals surface area contributed by atoms with Crippen molar-refractivity contribution >= 4 is 11.6 Å². The number of nitrogens with one attached hydrogen (secondary N) is 1. The van der Waals surface area contributed by atoms with E-state index in [1.54, 1.807) is 20.4 Å². The van der Waals surface area contributed by atoms with Gasteiger partial charge in [-0.3, -0.25) is 4.68 Å². The highest BCUT2D eigenvalue weighted by Crippen LogP contribution is 2.46. The number of aromatic nitrogens is 2. The van der Waals surface area contributed by atoms with Gasteiger partial charge in [-0.25, -0.2) is 0 Å². The Morgan fingerprint density at radius 2 is 2.26 bits per heavy atom. The minimum absolute atomic E-state index is 0.0538. The van der Waals surface area contributed by atoms with Gasteiger partial charge in [0.15, 0.2) is 0 Å². The Morgan fingerprint density at radius 1 is 1.53 bits per heavy atom. The Kier molecular flexibility index (Phi) is 4.84. The first-order valence-corrected chi connectivity index (χ1v) is 6.99. The first kappa shape index (κ1) is 14.8. The molecule has 1 aromatic rings. The maximum atomic E-state index is 6.32. The van der Waals surface area contributed by atoms with E-state index in [0.717, 1.165) is 18.5 Å². The van der Waals surface area contributed by atoms with Crippen molar-refractivity contribution in [1.82, 2.24) is 15.1 Å². The number of methoxy groups -OCH3 is 2. The molecule has 0 amide bonds. The average molecular weight is 288 g/mol. The van der Waals surface area contributed by atoms with Crippen LogP contribution in [-0.2, 0) is 16.0 Å². The summed E-state index contributed by atoms with van der Waals surface area (Å²) in [6, 6.07) is 0.0538. The molecule has 0 aromatic carbocycles. The smallest absolute Gasteiger partial charge is 0.0888 e. The lowest BCUT2D eigenvalue weighted by molar-refractivity contribution is -0.100. The van der Waals surface area contributed by atoms with Crippen LogP contribution >= 0.6 is 11.6 Å². The summed E-state index contributed by atoms with van der Waals surface area (Å²) in [6.45, 7) is 1.30. The monoisotopic (exact) mass is 287 g/mol. The summed E-state index contributed by atoms with van der Waals surface area (Å²) in [7, 11) is 5.39. The Hall–Kier alpha value is -0.620. The van der Waals surface area contributed by atoms with Gasteiger partial charge in [-0.15, -0.1) is 0 Å². The van der Waals surface area contributed by atoms with Crippen molar-refractivity contribution < 1.29 is 9.47 Å². The maximum Gasteiger partial charge on any atom is 0.0888 e. The van der Waals surface area contributed by atoms with Crippen LogP contribution in [0.1, 0.15) is 31.0 Å². The van der Waals surface area contributed by atoms with Gasteiger partial charge in [0.1, 0.15) is 0 Å². The van der Waals surface area contributed by atoms with Gasteiger partial charge < -0.3 is 14.8 Å². The van der Waals surface area contributed by atoms with Gasteiger partial charge in [-0.05, 0) is 26.3 Å². The van der Waals surface area contributed by atoms with Crippen molar-refractivity contribution in [3.05, 3.63) is 16.9 Å². The van der Waals surface area contributed by atoms with E-state index in [-0.39, 0.29) is 11.6 Å². The Balaban J connectivity index is 2.29. The summed E-state index contributed by atoms with van der Waals surface area (Å²) < 4.78 is 12.8. The fraction of sp³-hybridized carbons (Fsp3) is 0.769. The van der Waals surface area contributed by atoms with Crippen molar-refractivity contribution in [2.24, 2.45) is 0 Å². The molecule has 1 heterocycles. The fourth-order valence-electron chi connectivity index (χ4n) is 2.80.